The Labute approximate surface area is 245 Å². The molecule has 0 aliphatic carbocycles. The first kappa shape index (κ1) is 27.1. The van der Waals surface area contributed by atoms with Crippen LogP contribution in [0.25, 0.3) is 0 Å². The summed E-state index contributed by atoms with van der Waals surface area (Å²) in [4.78, 5) is 24.0. The van der Waals surface area contributed by atoms with Crippen LogP contribution in [0.15, 0.2) is 96.0 Å². The number of thiophene rings is 1. The van der Waals surface area contributed by atoms with E-state index >= 15 is 0 Å². The molecule has 8 heteroatoms. The maximum Gasteiger partial charge on any atom is 0.414 e. The largest absolute Gasteiger partial charge is 0.414 e. The third kappa shape index (κ3) is 6.29. The molecule has 6 rings (SSSR count). The number of nitrogens with zero attached hydrogens (tertiary/aromatic N) is 4. The van der Waals surface area contributed by atoms with Gasteiger partial charge in [0.15, 0.2) is 0 Å². The summed E-state index contributed by atoms with van der Waals surface area (Å²) in [5.74, 6) is 1.02. The van der Waals surface area contributed by atoms with Gasteiger partial charge in [-0.2, -0.15) is 0 Å². The molecule has 7 nitrogen and oxygen atoms in total. The van der Waals surface area contributed by atoms with Crippen molar-refractivity contribution in [3.05, 3.63) is 113 Å². The third-order valence-electron chi connectivity index (χ3n) is 7.78. The Morgan fingerprint density at radius 3 is 2.22 bits per heavy atom. The summed E-state index contributed by atoms with van der Waals surface area (Å²) in [7, 11) is 2.18. The fraction of sp³-hybridized carbons (Fsp3) is 0.273. The molecular formula is C33H36N5O2S+. The molecule has 0 atom stereocenters. The molecule has 0 radical (unpaired) electrons. The molecule has 0 bridgehead atoms. The Balaban J connectivity index is 1.13. The third-order valence-corrected chi connectivity index (χ3v) is 8.75. The molecule has 3 aromatic carbocycles. The zero-order valence-electron chi connectivity index (χ0n) is 23.6. The second kappa shape index (κ2) is 11.8. The van der Waals surface area contributed by atoms with Crippen molar-refractivity contribution in [1.29, 1.82) is 0 Å². The molecule has 1 N–H and O–H groups in total. The minimum absolute atomic E-state index is 0.284. The number of rotatable bonds is 6. The quantitative estimate of drug-likeness (QED) is 0.262. The second-order valence-corrected chi connectivity index (χ2v) is 12.4. The lowest BCUT2D eigenvalue weighted by Gasteiger charge is -2.42. The van der Waals surface area contributed by atoms with E-state index < -0.39 is 0 Å². The number of likely N-dealkylation sites (N-methyl/N-ethyl adjacent to an activating group) is 1. The zero-order chi connectivity index (χ0) is 28.2. The summed E-state index contributed by atoms with van der Waals surface area (Å²) in [6.07, 6.45) is -0.284. The number of benzene rings is 3. The van der Waals surface area contributed by atoms with Gasteiger partial charge in [-0.1, -0.05) is 72.8 Å². The number of amides is 1. The van der Waals surface area contributed by atoms with Crippen LogP contribution in [0.3, 0.4) is 0 Å². The van der Waals surface area contributed by atoms with E-state index in [1.165, 1.54) is 4.88 Å². The number of carbonyl (C=O) groups is 1. The fourth-order valence-corrected chi connectivity index (χ4v) is 6.29. The molecule has 1 amide bonds. The van der Waals surface area contributed by atoms with Crippen molar-refractivity contribution in [3.63, 3.8) is 0 Å². The average molecular weight is 567 g/mol. The van der Waals surface area contributed by atoms with E-state index in [1.54, 1.807) is 16.2 Å². The number of fused-ring (bicyclic) bond motifs is 2. The number of ether oxygens (including phenoxy) is 1. The molecule has 41 heavy (non-hydrogen) atoms. The standard InChI is InChI=1S/C33H36N5O2S/c1-25-21-28-31(34-29-15-9-10-16-30(29)35-32(28)41-25)36-17-19-38(2,20-18-36)24-40-33(39)37(22-26-11-5-3-6-12-26)23-27-13-7-4-8-14-27/h3-16,21,35H,17-20,22-24H2,1-2H3/q+1. The van der Waals surface area contributed by atoms with E-state index in [2.05, 4.69) is 42.4 Å². The van der Waals surface area contributed by atoms with Crippen LogP contribution in [-0.4, -0.2) is 66.2 Å². The summed E-state index contributed by atoms with van der Waals surface area (Å²) in [6, 6.07) is 30.6. The highest BCUT2D eigenvalue weighted by Gasteiger charge is 2.34. The predicted octanol–water partition coefficient (Wildman–Crippen LogP) is 6.75. The van der Waals surface area contributed by atoms with Gasteiger partial charge in [0.1, 0.15) is 10.8 Å². The van der Waals surface area contributed by atoms with E-state index in [1.807, 2.05) is 72.8 Å². The van der Waals surface area contributed by atoms with Crippen LogP contribution in [0, 0.1) is 6.92 Å². The molecule has 3 heterocycles. The molecule has 0 saturated carbocycles. The number of aryl methyl sites for hydroxylation is 1. The molecule has 2 aliphatic heterocycles. The number of amidine groups is 1. The van der Waals surface area contributed by atoms with Crippen molar-refractivity contribution in [2.75, 3.05) is 45.3 Å². The fourth-order valence-electron chi connectivity index (χ4n) is 5.37. The Kier molecular flexibility index (Phi) is 7.76. The smallest absolute Gasteiger partial charge is 0.399 e. The van der Waals surface area contributed by atoms with Crippen LogP contribution in [0.1, 0.15) is 21.6 Å². The van der Waals surface area contributed by atoms with Crippen LogP contribution >= 0.6 is 11.3 Å². The summed E-state index contributed by atoms with van der Waals surface area (Å²) in [6.45, 7) is 6.87. The van der Waals surface area contributed by atoms with Crippen LogP contribution < -0.4 is 5.32 Å². The number of quaternary nitrogens is 1. The molecule has 1 fully saturated rings. The minimum Gasteiger partial charge on any atom is -0.399 e. The SMILES string of the molecule is Cc1cc2c(s1)Nc1ccccc1N=C2N1CC[N+](C)(COC(=O)N(Cc2ccccc2)Cc2ccccc2)CC1. The number of nitrogens with one attached hydrogen (secondary N) is 1. The van der Waals surface area contributed by atoms with Crippen LogP contribution in [-0.2, 0) is 17.8 Å². The van der Waals surface area contributed by atoms with Gasteiger partial charge in [-0.05, 0) is 36.2 Å². The van der Waals surface area contributed by atoms with Gasteiger partial charge in [-0.3, -0.25) is 9.38 Å². The van der Waals surface area contributed by atoms with Gasteiger partial charge < -0.3 is 15.0 Å². The predicted molar refractivity (Wildman–Crippen MR) is 166 cm³/mol. The molecule has 210 valence electrons. The van der Waals surface area contributed by atoms with Gasteiger partial charge in [0.2, 0.25) is 6.73 Å². The minimum atomic E-state index is -0.284. The van der Waals surface area contributed by atoms with Crippen molar-refractivity contribution in [1.82, 2.24) is 9.80 Å². The average Bonchev–Trinajstić information content (AvgIpc) is 3.28. The summed E-state index contributed by atoms with van der Waals surface area (Å²) in [5.41, 5.74) is 5.31. The molecule has 4 aromatic rings. The number of hydrogen-bond acceptors (Lipinski definition) is 6. The highest BCUT2D eigenvalue weighted by atomic mass is 32.1. The first-order chi connectivity index (χ1) is 20.0. The Morgan fingerprint density at radius 2 is 1.56 bits per heavy atom. The van der Waals surface area contributed by atoms with Crippen LogP contribution in [0.4, 0.5) is 21.2 Å². The van der Waals surface area contributed by atoms with E-state index in [0.29, 0.717) is 24.3 Å². The van der Waals surface area contributed by atoms with Gasteiger partial charge in [0.25, 0.3) is 0 Å². The monoisotopic (exact) mass is 566 g/mol. The first-order valence-corrected chi connectivity index (χ1v) is 14.9. The number of hydrogen-bond donors (Lipinski definition) is 1. The topological polar surface area (TPSA) is 57.2 Å². The Bertz CT molecular complexity index is 1490. The molecule has 1 saturated heterocycles. The van der Waals surface area contributed by atoms with Crippen molar-refractivity contribution >= 4 is 39.6 Å². The first-order valence-electron chi connectivity index (χ1n) is 14.1. The van der Waals surface area contributed by atoms with Gasteiger partial charge >= 0.3 is 6.09 Å². The molecule has 0 spiro atoms. The molecule has 1 aromatic heterocycles. The number of para-hydroxylation sites is 2. The number of anilines is 2. The second-order valence-electron chi connectivity index (χ2n) is 11.1. The summed E-state index contributed by atoms with van der Waals surface area (Å²) >= 11 is 1.76. The van der Waals surface area contributed by atoms with E-state index in [-0.39, 0.29) is 6.09 Å². The maximum atomic E-state index is 13.4. The Morgan fingerprint density at radius 1 is 0.951 bits per heavy atom. The maximum absolute atomic E-state index is 13.4. The zero-order valence-corrected chi connectivity index (χ0v) is 24.4. The van der Waals surface area contributed by atoms with Crippen LogP contribution in [0.2, 0.25) is 0 Å². The lowest BCUT2D eigenvalue weighted by atomic mass is 10.2. The lowest BCUT2D eigenvalue weighted by molar-refractivity contribution is -0.929. The molecule has 2 aliphatic rings. The van der Waals surface area contributed by atoms with Crippen molar-refractivity contribution in [2.45, 2.75) is 20.0 Å². The van der Waals surface area contributed by atoms with Crippen molar-refractivity contribution < 1.29 is 14.0 Å². The molecule has 0 unspecified atom stereocenters. The number of piperazine rings is 1. The van der Waals surface area contributed by atoms with Crippen LogP contribution in [0.5, 0.6) is 0 Å². The van der Waals surface area contributed by atoms with Gasteiger partial charge in [0, 0.05) is 18.0 Å². The Hall–Kier alpha value is -4.14. The summed E-state index contributed by atoms with van der Waals surface area (Å²) < 4.78 is 6.67. The number of aliphatic imine (C=N–C) groups is 1. The lowest BCUT2D eigenvalue weighted by Crippen LogP contribution is -2.59. The number of carbonyl (C=O) groups excluding carboxylic acids is 1. The molecular weight excluding hydrogens is 530 g/mol. The van der Waals surface area contributed by atoms with Gasteiger partial charge in [-0.25, -0.2) is 9.79 Å². The highest BCUT2D eigenvalue weighted by Crippen LogP contribution is 2.39. The van der Waals surface area contributed by atoms with E-state index in [0.717, 1.165) is 65.1 Å². The van der Waals surface area contributed by atoms with Gasteiger partial charge in [-0.15, -0.1) is 11.3 Å². The van der Waals surface area contributed by atoms with Gasteiger partial charge in [0.05, 0.1) is 50.2 Å². The van der Waals surface area contributed by atoms with E-state index in [9.17, 15) is 4.79 Å². The van der Waals surface area contributed by atoms with Crippen molar-refractivity contribution in [2.24, 2.45) is 4.99 Å². The normalized spacial score (nSPS) is 15.6. The highest BCUT2D eigenvalue weighted by molar-refractivity contribution is 7.16. The summed E-state index contributed by atoms with van der Waals surface area (Å²) in [5, 5.41) is 4.74. The van der Waals surface area contributed by atoms with E-state index in [4.69, 9.17) is 9.73 Å². The van der Waals surface area contributed by atoms with Crippen molar-refractivity contribution in [3.8, 4) is 0 Å².